The van der Waals surface area contributed by atoms with Crippen LogP contribution >= 0.6 is 0 Å². The lowest BCUT2D eigenvalue weighted by molar-refractivity contribution is 0.117. The van der Waals surface area contributed by atoms with Crippen LogP contribution in [0.1, 0.15) is 26.1 Å². The minimum absolute atomic E-state index is 0.0486. The minimum atomic E-state index is -0.266. The van der Waals surface area contributed by atoms with Crippen molar-refractivity contribution in [3.05, 3.63) is 22.4 Å². The standard InChI is InChI=1S/C12H18N6O/c1-6-14-9(5-10-16-17-11(19)18(6)10)15-8-4-7(13)12(8,2)3/h5,7-8,15H,4,13H2,1-3H3,(H,17,19). The lowest BCUT2D eigenvalue weighted by Crippen LogP contribution is -2.61. The first-order valence-electron chi connectivity index (χ1n) is 6.36. The number of hydrogen-bond donors (Lipinski definition) is 3. The maximum atomic E-state index is 11.5. The summed E-state index contributed by atoms with van der Waals surface area (Å²) in [7, 11) is 0. The molecular formula is C12H18N6O. The third-order valence-electron chi connectivity index (χ3n) is 4.24. The number of anilines is 1. The van der Waals surface area contributed by atoms with E-state index in [1.165, 1.54) is 4.40 Å². The van der Waals surface area contributed by atoms with E-state index < -0.39 is 0 Å². The molecule has 0 amide bonds. The van der Waals surface area contributed by atoms with Crippen LogP contribution < -0.4 is 16.7 Å². The van der Waals surface area contributed by atoms with Gasteiger partial charge in [-0.3, -0.25) is 0 Å². The van der Waals surface area contributed by atoms with E-state index in [2.05, 4.69) is 34.3 Å². The lowest BCUT2D eigenvalue weighted by atomic mass is 9.63. The lowest BCUT2D eigenvalue weighted by Gasteiger charge is -2.50. The number of aryl methyl sites for hydroxylation is 1. The average molecular weight is 262 g/mol. The third kappa shape index (κ3) is 1.73. The van der Waals surface area contributed by atoms with E-state index in [4.69, 9.17) is 5.73 Å². The molecule has 102 valence electrons. The molecule has 0 spiro atoms. The second-order valence-corrected chi connectivity index (χ2v) is 5.77. The maximum absolute atomic E-state index is 11.5. The Morgan fingerprint density at radius 3 is 2.95 bits per heavy atom. The maximum Gasteiger partial charge on any atom is 0.349 e. The van der Waals surface area contributed by atoms with E-state index in [9.17, 15) is 4.79 Å². The van der Waals surface area contributed by atoms with Crippen LogP contribution in [-0.4, -0.2) is 31.7 Å². The molecular weight excluding hydrogens is 244 g/mol. The molecule has 2 atom stereocenters. The molecule has 1 aliphatic rings. The van der Waals surface area contributed by atoms with Crippen molar-refractivity contribution in [1.82, 2.24) is 19.6 Å². The summed E-state index contributed by atoms with van der Waals surface area (Å²) in [6.45, 7) is 6.07. The zero-order valence-corrected chi connectivity index (χ0v) is 11.3. The van der Waals surface area contributed by atoms with Gasteiger partial charge in [0.2, 0.25) is 0 Å². The number of nitrogens with one attached hydrogen (secondary N) is 2. The van der Waals surface area contributed by atoms with Crippen molar-refractivity contribution in [2.24, 2.45) is 11.1 Å². The fourth-order valence-corrected chi connectivity index (χ4v) is 2.55. The van der Waals surface area contributed by atoms with E-state index >= 15 is 0 Å². The summed E-state index contributed by atoms with van der Waals surface area (Å²) in [5, 5.41) is 9.76. The molecule has 0 saturated heterocycles. The van der Waals surface area contributed by atoms with Gasteiger partial charge in [-0.05, 0) is 13.3 Å². The minimum Gasteiger partial charge on any atom is -0.367 e. The molecule has 3 rings (SSSR count). The van der Waals surface area contributed by atoms with Crippen molar-refractivity contribution in [3.8, 4) is 0 Å². The molecule has 2 heterocycles. The van der Waals surface area contributed by atoms with Crippen LogP contribution in [0.3, 0.4) is 0 Å². The number of nitrogens with two attached hydrogens (primary N) is 1. The number of aromatic nitrogens is 4. The van der Waals surface area contributed by atoms with Gasteiger partial charge < -0.3 is 11.1 Å². The first kappa shape index (κ1) is 12.2. The Balaban J connectivity index is 1.93. The highest BCUT2D eigenvalue weighted by molar-refractivity contribution is 5.50. The zero-order valence-electron chi connectivity index (χ0n) is 11.3. The van der Waals surface area contributed by atoms with E-state index in [0.29, 0.717) is 17.5 Å². The molecule has 1 saturated carbocycles. The van der Waals surface area contributed by atoms with Crippen LogP contribution in [0.4, 0.5) is 5.82 Å². The van der Waals surface area contributed by atoms with Gasteiger partial charge in [0.1, 0.15) is 11.6 Å². The first-order chi connectivity index (χ1) is 8.89. The summed E-state index contributed by atoms with van der Waals surface area (Å²) in [5.41, 5.74) is 6.35. The van der Waals surface area contributed by atoms with Gasteiger partial charge in [0, 0.05) is 23.6 Å². The molecule has 7 heteroatoms. The summed E-state index contributed by atoms with van der Waals surface area (Å²) < 4.78 is 1.45. The van der Waals surface area contributed by atoms with E-state index in [0.717, 1.165) is 12.2 Å². The van der Waals surface area contributed by atoms with E-state index in [1.807, 2.05) is 0 Å². The number of hydrogen-bond acceptors (Lipinski definition) is 5. The van der Waals surface area contributed by atoms with E-state index in [1.54, 1.807) is 13.0 Å². The van der Waals surface area contributed by atoms with Gasteiger partial charge in [-0.25, -0.2) is 19.3 Å². The summed E-state index contributed by atoms with van der Waals surface area (Å²) in [6.07, 6.45) is 0.923. The molecule has 19 heavy (non-hydrogen) atoms. The van der Waals surface area contributed by atoms with Crippen LogP contribution in [-0.2, 0) is 0 Å². The second kappa shape index (κ2) is 3.80. The van der Waals surface area contributed by atoms with Crippen LogP contribution in [0.2, 0.25) is 0 Å². The number of H-pyrrole nitrogens is 1. The summed E-state index contributed by atoms with van der Waals surface area (Å²) in [6, 6.07) is 2.27. The van der Waals surface area contributed by atoms with Crippen LogP contribution in [0.25, 0.3) is 5.65 Å². The predicted octanol–water partition coefficient (Wildman–Crippen LogP) is 0.264. The molecule has 0 aromatic carbocycles. The van der Waals surface area contributed by atoms with Gasteiger partial charge in [0.15, 0.2) is 5.65 Å². The van der Waals surface area contributed by atoms with E-state index in [-0.39, 0.29) is 17.1 Å². The molecule has 1 fully saturated rings. The Hall–Kier alpha value is -1.89. The predicted molar refractivity (Wildman–Crippen MR) is 72.1 cm³/mol. The van der Waals surface area contributed by atoms with Crippen LogP contribution in [0.15, 0.2) is 10.9 Å². The Morgan fingerprint density at radius 1 is 1.58 bits per heavy atom. The molecule has 2 unspecified atom stereocenters. The normalized spacial score (nSPS) is 25.3. The van der Waals surface area contributed by atoms with Crippen molar-refractivity contribution in [1.29, 1.82) is 0 Å². The van der Waals surface area contributed by atoms with Crippen LogP contribution in [0, 0.1) is 12.3 Å². The SMILES string of the molecule is Cc1nc(NC2CC(N)C2(C)C)cc2n[nH]c(=O)n12. The van der Waals surface area contributed by atoms with Gasteiger partial charge in [0.25, 0.3) is 0 Å². The molecule has 7 nitrogen and oxygen atoms in total. The van der Waals surface area contributed by atoms with Crippen molar-refractivity contribution in [2.75, 3.05) is 5.32 Å². The first-order valence-corrected chi connectivity index (χ1v) is 6.36. The van der Waals surface area contributed by atoms with Gasteiger partial charge >= 0.3 is 5.69 Å². The summed E-state index contributed by atoms with van der Waals surface area (Å²) >= 11 is 0. The topological polar surface area (TPSA) is 101 Å². The van der Waals surface area contributed by atoms with Crippen LogP contribution in [0.5, 0.6) is 0 Å². The van der Waals surface area contributed by atoms with Gasteiger partial charge in [-0.1, -0.05) is 13.8 Å². The van der Waals surface area contributed by atoms with Crippen molar-refractivity contribution >= 4 is 11.5 Å². The molecule has 4 N–H and O–H groups in total. The molecule has 2 aromatic heterocycles. The molecule has 0 radical (unpaired) electrons. The van der Waals surface area contributed by atoms with Crippen molar-refractivity contribution in [3.63, 3.8) is 0 Å². The van der Waals surface area contributed by atoms with Gasteiger partial charge in [-0.15, -0.1) is 0 Å². The highest BCUT2D eigenvalue weighted by atomic mass is 16.1. The number of fused-ring (bicyclic) bond motifs is 1. The third-order valence-corrected chi connectivity index (χ3v) is 4.24. The van der Waals surface area contributed by atoms with Crippen molar-refractivity contribution < 1.29 is 0 Å². The molecule has 1 aliphatic carbocycles. The Labute approximate surface area is 110 Å². The molecule has 2 aromatic rings. The molecule has 0 aliphatic heterocycles. The summed E-state index contributed by atoms with van der Waals surface area (Å²) in [4.78, 5) is 15.9. The Kier molecular flexibility index (Phi) is 2.43. The Morgan fingerprint density at radius 2 is 2.32 bits per heavy atom. The molecule has 0 bridgehead atoms. The number of rotatable bonds is 2. The Bertz CT molecular complexity index is 685. The monoisotopic (exact) mass is 262 g/mol. The number of aromatic amines is 1. The quantitative estimate of drug-likeness (QED) is 0.721. The highest BCUT2D eigenvalue weighted by Gasteiger charge is 2.46. The number of nitrogens with zero attached hydrogens (tertiary/aromatic N) is 3. The highest BCUT2D eigenvalue weighted by Crippen LogP contribution is 2.40. The summed E-state index contributed by atoms with van der Waals surface area (Å²) in [5.74, 6) is 1.34. The largest absolute Gasteiger partial charge is 0.367 e. The zero-order chi connectivity index (χ0) is 13.8. The van der Waals surface area contributed by atoms with Gasteiger partial charge in [0.05, 0.1) is 0 Å². The second-order valence-electron chi connectivity index (χ2n) is 5.77. The fraction of sp³-hybridized carbons (Fsp3) is 0.583. The van der Waals surface area contributed by atoms with Gasteiger partial charge in [-0.2, -0.15) is 5.10 Å². The average Bonchev–Trinajstić information content (AvgIpc) is 2.71. The smallest absolute Gasteiger partial charge is 0.349 e. The van der Waals surface area contributed by atoms with Crippen molar-refractivity contribution in [2.45, 2.75) is 39.3 Å². The fourth-order valence-electron chi connectivity index (χ4n) is 2.55.